The lowest BCUT2D eigenvalue weighted by Gasteiger charge is -2.17. The average molecular weight is 353 g/mol. The van der Waals surface area contributed by atoms with Gasteiger partial charge in [-0.2, -0.15) is 0 Å². The summed E-state index contributed by atoms with van der Waals surface area (Å²) >= 11 is 0. The van der Waals surface area contributed by atoms with Gasteiger partial charge < -0.3 is 14.8 Å². The fraction of sp³-hybridized carbons (Fsp3) is 0.409. The summed E-state index contributed by atoms with van der Waals surface area (Å²) in [5.41, 5.74) is 4.54. The van der Waals surface area contributed by atoms with Gasteiger partial charge in [-0.05, 0) is 68.4 Å². The Kier molecular flexibility index (Phi) is 6.16. The molecule has 1 amide bonds. The van der Waals surface area contributed by atoms with Crippen LogP contribution in [0.15, 0.2) is 36.4 Å². The second kappa shape index (κ2) is 8.75. The van der Waals surface area contributed by atoms with Gasteiger partial charge in [-0.1, -0.05) is 18.2 Å². The van der Waals surface area contributed by atoms with E-state index in [-0.39, 0.29) is 5.91 Å². The van der Waals surface area contributed by atoms with Crippen LogP contribution >= 0.6 is 0 Å². The average Bonchev–Trinajstić information content (AvgIpc) is 2.64. The molecule has 1 aliphatic rings. The number of aryl methyl sites for hydroxylation is 2. The summed E-state index contributed by atoms with van der Waals surface area (Å²) in [6.45, 7) is 4.98. The quantitative estimate of drug-likeness (QED) is 0.795. The molecular weight excluding hydrogens is 326 g/mol. The summed E-state index contributed by atoms with van der Waals surface area (Å²) in [5, 5.41) is 2.98. The van der Waals surface area contributed by atoms with Crippen molar-refractivity contribution in [2.24, 2.45) is 0 Å². The smallest absolute Gasteiger partial charge is 0.228 e. The number of ether oxygens (including phenoxy) is 2. The first kappa shape index (κ1) is 18.3. The van der Waals surface area contributed by atoms with E-state index in [1.165, 1.54) is 24.0 Å². The zero-order valence-corrected chi connectivity index (χ0v) is 15.6. The fourth-order valence-electron chi connectivity index (χ4n) is 3.42. The Hall–Kier alpha value is -2.49. The van der Waals surface area contributed by atoms with Crippen molar-refractivity contribution in [2.45, 2.75) is 46.0 Å². The molecule has 4 nitrogen and oxygen atoms in total. The summed E-state index contributed by atoms with van der Waals surface area (Å²) < 4.78 is 11.2. The SMILES string of the molecule is CCOc1ccc(OCC)c(NC(=O)Cc2ccc3c(c2)CCCC3)c1. The summed E-state index contributed by atoms with van der Waals surface area (Å²) in [7, 11) is 0. The van der Waals surface area contributed by atoms with Crippen molar-refractivity contribution in [1.82, 2.24) is 0 Å². The third-order valence-electron chi connectivity index (χ3n) is 4.61. The van der Waals surface area contributed by atoms with Gasteiger partial charge in [0.15, 0.2) is 0 Å². The lowest BCUT2D eigenvalue weighted by Crippen LogP contribution is -2.16. The first-order chi connectivity index (χ1) is 12.7. The molecule has 4 heteroatoms. The maximum atomic E-state index is 12.6. The topological polar surface area (TPSA) is 47.6 Å². The summed E-state index contributed by atoms with van der Waals surface area (Å²) in [6.07, 6.45) is 5.14. The highest BCUT2D eigenvalue weighted by molar-refractivity contribution is 5.94. The van der Waals surface area contributed by atoms with Crippen molar-refractivity contribution in [3.8, 4) is 11.5 Å². The zero-order valence-electron chi connectivity index (χ0n) is 15.6. The van der Waals surface area contributed by atoms with Crippen molar-refractivity contribution < 1.29 is 14.3 Å². The summed E-state index contributed by atoms with van der Waals surface area (Å²) in [4.78, 5) is 12.6. The van der Waals surface area contributed by atoms with Gasteiger partial charge in [0.1, 0.15) is 11.5 Å². The molecule has 1 N–H and O–H groups in total. The van der Waals surface area contributed by atoms with Crippen LogP contribution in [0, 0.1) is 0 Å². The van der Waals surface area contributed by atoms with Gasteiger partial charge in [-0.25, -0.2) is 0 Å². The number of carbonyl (C=O) groups excluding carboxylic acids is 1. The molecule has 0 saturated carbocycles. The molecule has 0 bridgehead atoms. The molecule has 0 saturated heterocycles. The van der Waals surface area contributed by atoms with Crippen LogP contribution in [0.25, 0.3) is 0 Å². The van der Waals surface area contributed by atoms with E-state index in [1.54, 1.807) is 0 Å². The van der Waals surface area contributed by atoms with Crippen LogP contribution in [0.1, 0.15) is 43.4 Å². The van der Waals surface area contributed by atoms with Gasteiger partial charge in [0, 0.05) is 6.07 Å². The Morgan fingerprint density at radius 2 is 1.73 bits per heavy atom. The van der Waals surface area contributed by atoms with Crippen molar-refractivity contribution in [3.63, 3.8) is 0 Å². The molecule has 0 unspecified atom stereocenters. The molecule has 0 atom stereocenters. The summed E-state index contributed by atoms with van der Waals surface area (Å²) in [5.74, 6) is 1.34. The van der Waals surface area contributed by atoms with Gasteiger partial charge in [0.05, 0.1) is 25.3 Å². The maximum absolute atomic E-state index is 12.6. The van der Waals surface area contributed by atoms with E-state index >= 15 is 0 Å². The van der Waals surface area contributed by atoms with Crippen molar-refractivity contribution in [2.75, 3.05) is 18.5 Å². The standard InChI is InChI=1S/C22H27NO3/c1-3-25-19-11-12-21(26-4-2)20(15-19)23-22(24)14-16-9-10-17-7-5-6-8-18(17)13-16/h9-13,15H,3-8,14H2,1-2H3,(H,23,24). The molecular formula is C22H27NO3. The van der Waals surface area contributed by atoms with E-state index in [1.807, 2.05) is 32.0 Å². The van der Waals surface area contributed by atoms with Crippen LogP contribution in [0.3, 0.4) is 0 Å². The van der Waals surface area contributed by atoms with Crippen LogP contribution in [-0.2, 0) is 24.1 Å². The molecule has 0 fully saturated rings. The van der Waals surface area contributed by atoms with Gasteiger partial charge in [0.2, 0.25) is 5.91 Å². The van der Waals surface area contributed by atoms with E-state index in [0.717, 1.165) is 24.2 Å². The minimum Gasteiger partial charge on any atom is -0.494 e. The highest BCUT2D eigenvalue weighted by Crippen LogP contribution is 2.30. The van der Waals surface area contributed by atoms with E-state index in [2.05, 4.69) is 23.5 Å². The number of hydrogen-bond acceptors (Lipinski definition) is 3. The Morgan fingerprint density at radius 1 is 0.962 bits per heavy atom. The number of hydrogen-bond donors (Lipinski definition) is 1. The molecule has 2 aromatic rings. The number of benzene rings is 2. The Bertz CT molecular complexity index is 770. The number of amides is 1. The lowest BCUT2D eigenvalue weighted by molar-refractivity contribution is -0.115. The monoisotopic (exact) mass is 353 g/mol. The van der Waals surface area contributed by atoms with Crippen molar-refractivity contribution in [3.05, 3.63) is 53.1 Å². The minimum atomic E-state index is -0.0460. The largest absolute Gasteiger partial charge is 0.494 e. The van der Waals surface area contributed by atoms with Gasteiger partial charge in [-0.15, -0.1) is 0 Å². The van der Waals surface area contributed by atoms with E-state index in [4.69, 9.17) is 9.47 Å². The Balaban J connectivity index is 1.71. The van der Waals surface area contributed by atoms with Crippen molar-refractivity contribution in [1.29, 1.82) is 0 Å². The predicted molar refractivity (Wildman–Crippen MR) is 104 cm³/mol. The zero-order chi connectivity index (χ0) is 18.4. The van der Waals surface area contributed by atoms with Crippen LogP contribution in [0.2, 0.25) is 0 Å². The predicted octanol–water partition coefficient (Wildman–Crippen LogP) is 4.54. The minimum absolute atomic E-state index is 0.0460. The number of anilines is 1. The van der Waals surface area contributed by atoms with E-state index < -0.39 is 0 Å². The molecule has 2 aromatic carbocycles. The third kappa shape index (κ3) is 4.57. The van der Waals surface area contributed by atoms with Crippen LogP contribution < -0.4 is 14.8 Å². The number of carbonyl (C=O) groups is 1. The first-order valence-electron chi connectivity index (χ1n) is 9.49. The Labute approximate surface area is 155 Å². The molecule has 0 radical (unpaired) electrons. The highest BCUT2D eigenvalue weighted by Gasteiger charge is 2.13. The molecule has 1 aliphatic carbocycles. The molecule has 0 heterocycles. The molecule has 26 heavy (non-hydrogen) atoms. The lowest BCUT2D eigenvalue weighted by atomic mass is 9.90. The summed E-state index contributed by atoms with van der Waals surface area (Å²) in [6, 6.07) is 12.0. The van der Waals surface area contributed by atoms with E-state index in [9.17, 15) is 4.79 Å². The molecule has 0 aromatic heterocycles. The molecule has 0 aliphatic heterocycles. The molecule has 3 rings (SSSR count). The molecule has 138 valence electrons. The van der Waals surface area contributed by atoms with Crippen molar-refractivity contribution >= 4 is 11.6 Å². The van der Waals surface area contributed by atoms with Gasteiger partial charge in [-0.3, -0.25) is 4.79 Å². The number of nitrogens with one attached hydrogen (secondary N) is 1. The third-order valence-corrected chi connectivity index (χ3v) is 4.61. The Morgan fingerprint density at radius 3 is 2.50 bits per heavy atom. The molecule has 0 spiro atoms. The van der Waals surface area contributed by atoms with Crippen LogP contribution in [0.5, 0.6) is 11.5 Å². The number of rotatable bonds is 7. The number of fused-ring (bicyclic) bond motifs is 1. The second-order valence-corrected chi connectivity index (χ2v) is 6.56. The maximum Gasteiger partial charge on any atom is 0.228 e. The van der Waals surface area contributed by atoms with Crippen LogP contribution in [0.4, 0.5) is 5.69 Å². The fourth-order valence-corrected chi connectivity index (χ4v) is 3.42. The van der Waals surface area contributed by atoms with Gasteiger partial charge >= 0.3 is 0 Å². The second-order valence-electron chi connectivity index (χ2n) is 6.56. The highest BCUT2D eigenvalue weighted by atomic mass is 16.5. The van der Waals surface area contributed by atoms with Crippen LogP contribution in [-0.4, -0.2) is 19.1 Å². The van der Waals surface area contributed by atoms with E-state index in [0.29, 0.717) is 31.1 Å². The van der Waals surface area contributed by atoms with Gasteiger partial charge in [0.25, 0.3) is 0 Å². The first-order valence-corrected chi connectivity index (χ1v) is 9.49. The normalized spacial score (nSPS) is 13.0.